The first-order valence-corrected chi connectivity index (χ1v) is 6.26. The molecule has 1 saturated heterocycles. The van der Waals surface area contributed by atoms with Crippen LogP contribution in [-0.4, -0.2) is 27.3 Å². The summed E-state index contributed by atoms with van der Waals surface area (Å²) < 4.78 is 11.0. The third-order valence-electron chi connectivity index (χ3n) is 3.52. The number of aryl methyl sites for hydroxylation is 1. The number of ether oxygens (including phenoxy) is 2. The molecule has 0 aliphatic carbocycles. The molecule has 0 saturated carbocycles. The van der Waals surface area contributed by atoms with Crippen LogP contribution in [0.15, 0.2) is 12.1 Å². The van der Waals surface area contributed by atoms with E-state index in [-0.39, 0.29) is 0 Å². The van der Waals surface area contributed by atoms with Crippen LogP contribution in [0.5, 0.6) is 11.5 Å². The minimum atomic E-state index is 0.551. The molecule has 1 atom stereocenters. The third-order valence-corrected chi connectivity index (χ3v) is 3.52. The van der Waals surface area contributed by atoms with Crippen LogP contribution in [0.1, 0.15) is 30.4 Å². The van der Waals surface area contributed by atoms with E-state index in [4.69, 9.17) is 9.47 Å². The fourth-order valence-corrected chi connectivity index (χ4v) is 2.65. The molecule has 1 aliphatic rings. The Morgan fingerprint density at radius 3 is 2.65 bits per heavy atom. The molecule has 3 nitrogen and oxygen atoms in total. The highest BCUT2D eigenvalue weighted by Gasteiger charge is 2.24. The van der Waals surface area contributed by atoms with E-state index in [1.807, 2.05) is 6.07 Å². The van der Waals surface area contributed by atoms with Gasteiger partial charge in [0.2, 0.25) is 0 Å². The van der Waals surface area contributed by atoms with E-state index in [1.165, 1.54) is 17.5 Å². The molecule has 0 aromatic heterocycles. The van der Waals surface area contributed by atoms with E-state index < -0.39 is 0 Å². The van der Waals surface area contributed by atoms with Crippen molar-refractivity contribution < 1.29 is 9.47 Å². The Morgan fingerprint density at radius 2 is 2.12 bits per heavy atom. The van der Waals surface area contributed by atoms with Gasteiger partial charge in [0, 0.05) is 18.0 Å². The zero-order chi connectivity index (χ0) is 12.3. The fraction of sp³-hybridized carbons (Fsp3) is 0.571. The van der Waals surface area contributed by atoms with Crippen molar-refractivity contribution in [2.24, 2.45) is 0 Å². The van der Waals surface area contributed by atoms with Crippen molar-refractivity contribution in [2.75, 3.05) is 27.3 Å². The van der Waals surface area contributed by atoms with Crippen molar-refractivity contribution in [3.8, 4) is 11.5 Å². The van der Waals surface area contributed by atoms with Crippen LogP contribution in [-0.2, 0) is 6.42 Å². The number of nitrogens with one attached hydrogen (secondary N) is 1. The highest BCUT2D eigenvalue weighted by atomic mass is 16.5. The Hall–Kier alpha value is -1.22. The van der Waals surface area contributed by atoms with E-state index in [2.05, 4.69) is 18.3 Å². The summed E-state index contributed by atoms with van der Waals surface area (Å²) in [6.45, 7) is 4.32. The average Bonchev–Trinajstić information content (AvgIpc) is 2.90. The molecular formula is C14H21NO2. The molecule has 0 amide bonds. The van der Waals surface area contributed by atoms with Crippen molar-refractivity contribution >= 4 is 0 Å². The van der Waals surface area contributed by atoms with Gasteiger partial charge in [-0.05, 0) is 31.0 Å². The summed E-state index contributed by atoms with van der Waals surface area (Å²) in [5, 5.41) is 3.41. The maximum absolute atomic E-state index is 5.57. The van der Waals surface area contributed by atoms with E-state index >= 15 is 0 Å². The van der Waals surface area contributed by atoms with E-state index in [9.17, 15) is 0 Å². The van der Waals surface area contributed by atoms with Crippen molar-refractivity contribution in [2.45, 2.75) is 25.7 Å². The van der Waals surface area contributed by atoms with Crippen LogP contribution in [0.2, 0.25) is 0 Å². The predicted molar refractivity (Wildman–Crippen MR) is 69.2 cm³/mol. The highest BCUT2D eigenvalue weighted by molar-refractivity contribution is 5.53. The molecule has 17 heavy (non-hydrogen) atoms. The number of hydrogen-bond donors (Lipinski definition) is 1. The van der Waals surface area contributed by atoms with E-state index in [1.54, 1.807) is 14.2 Å². The Balaban J connectivity index is 2.49. The van der Waals surface area contributed by atoms with Crippen LogP contribution < -0.4 is 14.8 Å². The minimum Gasteiger partial charge on any atom is -0.493 e. The summed E-state index contributed by atoms with van der Waals surface area (Å²) in [5.74, 6) is 2.31. The second-order valence-electron chi connectivity index (χ2n) is 4.42. The maximum atomic E-state index is 5.57. The van der Waals surface area contributed by atoms with Gasteiger partial charge in [-0.1, -0.05) is 13.0 Å². The molecule has 0 radical (unpaired) electrons. The SMILES string of the molecule is CCc1ccc(OC)c(OC)c1C1CCNC1. The second kappa shape index (κ2) is 5.41. The minimum absolute atomic E-state index is 0.551. The monoisotopic (exact) mass is 235 g/mol. The van der Waals surface area contributed by atoms with Crippen molar-refractivity contribution in [1.82, 2.24) is 5.32 Å². The third kappa shape index (κ3) is 2.25. The summed E-state index contributed by atoms with van der Waals surface area (Å²) in [6, 6.07) is 4.17. The Morgan fingerprint density at radius 1 is 1.29 bits per heavy atom. The molecular weight excluding hydrogens is 214 g/mol. The summed E-state index contributed by atoms with van der Waals surface area (Å²) in [5.41, 5.74) is 2.70. The molecule has 0 bridgehead atoms. The smallest absolute Gasteiger partial charge is 0.164 e. The number of hydrogen-bond acceptors (Lipinski definition) is 3. The average molecular weight is 235 g/mol. The normalized spacial score (nSPS) is 19.4. The lowest BCUT2D eigenvalue weighted by atomic mass is 9.91. The fourth-order valence-electron chi connectivity index (χ4n) is 2.65. The molecule has 1 aliphatic heterocycles. The molecule has 1 fully saturated rings. The van der Waals surface area contributed by atoms with Gasteiger partial charge in [-0.25, -0.2) is 0 Å². The second-order valence-corrected chi connectivity index (χ2v) is 4.42. The molecule has 1 aromatic carbocycles. The Kier molecular flexibility index (Phi) is 3.89. The van der Waals surface area contributed by atoms with E-state index in [0.29, 0.717) is 5.92 Å². The molecule has 3 heteroatoms. The summed E-state index contributed by atoms with van der Waals surface area (Å²) in [7, 11) is 3.42. The molecule has 1 heterocycles. The first-order chi connectivity index (χ1) is 8.31. The molecule has 1 N–H and O–H groups in total. The summed E-state index contributed by atoms with van der Waals surface area (Å²) in [4.78, 5) is 0. The lowest BCUT2D eigenvalue weighted by molar-refractivity contribution is 0.349. The number of methoxy groups -OCH3 is 2. The van der Waals surface area contributed by atoms with Crippen LogP contribution >= 0.6 is 0 Å². The zero-order valence-electron chi connectivity index (χ0n) is 10.9. The molecule has 2 rings (SSSR count). The molecule has 94 valence electrons. The van der Waals surface area contributed by atoms with Gasteiger partial charge in [-0.3, -0.25) is 0 Å². The van der Waals surface area contributed by atoms with Gasteiger partial charge in [-0.2, -0.15) is 0 Å². The first kappa shape index (κ1) is 12.2. The van der Waals surface area contributed by atoms with Crippen LogP contribution in [0, 0.1) is 0 Å². The van der Waals surface area contributed by atoms with Gasteiger partial charge in [-0.15, -0.1) is 0 Å². The standard InChI is InChI=1S/C14H21NO2/c1-4-10-5-6-12(16-2)14(17-3)13(10)11-7-8-15-9-11/h5-6,11,15H,4,7-9H2,1-3H3. The number of rotatable bonds is 4. The predicted octanol–water partition coefficient (Wildman–Crippen LogP) is 2.34. The largest absolute Gasteiger partial charge is 0.493 e. The van der Waals surface area contributed by atoms with Crippen LogP contribution in [0.3, 0.4) is 0 Å². The van der Waals surface area contributed by atoms with Gasteiger partial charge < -0.3 is 14.8 Å². The maximum Gasteiger partial charge on any atom is 0.164 e. The molecule has 1 aromatic rings. The van der Waals surface area contributed by atoms with Crippen molar-refractivity contribution in [3.05, 3.63) is 23.3 Å². The molecule has 0 spiro atoms. The summed E-state index contributed by atoms with van der Waals surface area (Å²) >= 11 is 0. The lowest BCUT2D eigenvalue weighted by Crippen LogP contribution is -2.11. The lowest BCUT2D eigenvalue weighted by Gasteiger charge is -2.20. The van der Waals surface area contributed by atoms with Gasteiger partial charge in [0.1, 0.15) is 0 Å². The summed E-state index contributed by atoms with van der Waals surface area (Å²) in [6.07, 6.45) is 2.21. The first-order valence-electron chi connectivity index (χ1n) is 6.26. The van der Waals surface area contributed by atoms with Gasteiger partial charge in [0.05, 0.1) is 14.2 Å². The van der Waals surface area contributed by atoms with Gasteiger partial charge in [0.15, 0.2) is 11.5 Å². The quantitative estimate of drug-likeness (QED) is 0.869. The van der Waals surface area contributed by atoms with Crippen LogP contribution in [0.4, 0.5) is 0 Å². The highest BCUT2D eigenvalue weighted by Crippen LogP contribution is 2.40. The van der Waals surface area contributed by atoms with Gasteiger partial charge >= 0.3 is 0 Å². The number of benzene rings is 1. The zero-order valence-corrected chi connectivity index (χ0v) is 10.9. The molecule has 1 unspecified atom stereocenters. The van der Waals surface area contributed by atoms with Crippen molar-refractivity contribution in [3.63, 3.8) is 0 Å². The Bertz CT molecular complexity index is 384. The Labute approximate surface area is 103 Å². The van der Waals surface area contributed by atoms with E-state index in [0.717, 1.165) is 31.0 Å². The van der Waals surface area contributed by atoms with Crippen molar-refractivity contribution in [1.29, 1.82) is 0 Å². The van der Waals surface area contributed by atoms with Gasteiger partial charge in [0.25, 0.3) is 0 Å². The topological polar surface area (TPSA) is 30.5 Å². The van der Waals surface area contributed by atoms with Crippen LogP contribution in [0.25, 0.3) is 0 Å².